The predicted molar refractivity (Wildman–Crippen MR) is 83.0 cm³/mol. The molecule has 0 heterocycles. The highest BCUT2D eigenvalue weighted by molar-refractivity contribution is 6.10. The summed E-state index contributed by atoms with van der Waals surface area (Å²) in [5.41, 5.74) is 6.47. The molecule has 0 aliphatic heterocycles. The number of alkyl halides is 2. The first-order valence-corrected chi connectivity index (χ1v) is 7.35. The molecule has 0 radical (unpaired) electrons. The third-order valence-corrected chi connectivity index (χ3v) is 3.12. The van der Waals surface area contributed by atoms with Gasteiger partial charge in [0.1, 0.15) is 5.57 Å². The van der Waals surface area contributed by atoms with Gasteiger partial charge in [-0.05, 0) is 39.7 Å². The number of rotatable bonds is 4. The first-order chi connectivity index (χ1) is 10.1. The van der Waals surface area contributed by atoms with Gasteiger partial charge in [-0.2, -0.15) is 0 Å². The van der Waals surface area contributed by atoms with Crippen molar-refractivity contribution in [1.29, 1.82) is 0 Å². The number of nitrogens with zero attached hydrogens (tertiary/aromatic N) is 1. The molecule has 22 heavy (non-hydrogen) atoms. The Morgan fingerprint density at radius 1 is 1.50 bits per heavy atom. The number of hydrogen-bond donors (Lipinski definition) is 1. The maximum Gasteiger partial charge on any atom is 0.341 e. The third kappa shape index (κ3) is 5.58. The highest BCUT2D eigenvalue weighted by Crippen LogP contribution is 2.34. The fourth-order valence-corrected chi connectivity index (χ4v) is 1.91. The smallest absolute Gasteiger partial charge is 0.341 e. The maximum absolute atomic E-state index is 13.2. The number of halogens is 2. The zero-order chi connectivity index (χ0) is 17.0. The van der Waals surface area contributed by atoms with E-state index in [1.165, 1.54) is 12.3 Å². The van der Waals surface area contributed by atoms with Crippen LogP contribution in [0.15, 0.2) is 27.9 Å². The van der Waals surface area contributed by atoms with Crippen LogP contribution in [0.2, 0.25) is 0 Å². The van der Waals surface area contributed by atoms with E-state index in [1.807, 2.05) is 20.8 Å². The quantitative estimate of drug-likeness (QED) is 0.491. The van der Waals surface area contributed by atoms with Gasteiger partial charge in [0.15, 0.2) is 0 Å². The maximum atomic E-state index is 13.2. The molecule has 0 atom stereocenters. The van der Waals surface area contributed by atoms with Crippen molar-refractivity contribution in [1.82, 2.24) is 0 Å². The molecule has 1 aliphatic rings. The molecule has 0 saturated heterocycles. The predicted octanol–water partition coefficient (Wildman–Crippen LogP) is 3.38. The Balaban J connectivity index is 3.15. The molecule has 0 fully saturated rings. The van der Waals surface area contributed by atoms with Gasteiger partial charge in [-0.25, -0.2) is 13.6 Å². The van der Waals surface area contributed by atoms with E-state index in [-0.39, 0.29) is 42.7 Å². The summed E-state index contributed by atoms with van der Waals surface area (Å²) in [5.74, 6) is -3.29. The van der Waals surface area contributed by atoms with E-state index >= 15 is 0 Å². The van der Waals surface area contributed by atoms with Crippen LogP contribution in [0.4, 0.5) is 8.78 Å². The molecule has 0 saturated carbocycles. The van der Waals surface area contributed by atoms with E-state index in [9.17, 15) is 13.6 Å². The number of aliphatic imine (C=N–C) groups is 1. The Labute approximate surface area is 130 Å². The van der Waals surface area contributed by atoms with Crippen LogP contribution < -0.4 is 5.73 Å². The first-order valence-electron chi connectivity index (χ1n) is 7.35. The van der Waals surface area contributed by atoms with Crippen LogP contribution in [-0.4, -0.2) is 30.3 Å². The van der Waals surface area contributed by atoms with Crippen LogP contribution in [0.25, 0.3) is 0 Å². The molecular weight excluding hydrogens is 290 g/mol. The van der Waals surface area contributed by atoms with Crippen LogP contribution in [0, 0.1) is 0 Å². The van der Waals surface area contributed by atoms with Gasteiger partial charge in [-0.15, -0.1) is 0 Å². The summed E-state index contributed by atoms with van der Waals surface area (Å²) in [6.07, 6.45) is 2.26. The molecule has 4 nitrogen and oxygen atoms in total. The lowest BCUT2D eigenvalue weighted by Crippen LogP contribution is -2.23. The largest absolute Gasteiger partial charge is 0.462 e. The van der Waals surface area contributed by atoms with Gasteiger partial charge in [0, 0.05) is 19.1 Å². The Hall–Kier alpha value is -1.72. The summed E-state index contributed by atoms with van der Waals surface area (Å²) in [5, 5.41) is 0. The fourth-order valence-electron chi connectivity index (χ4n) is 1.91. The van der Waals surface area contributed by atoms with Crippen molar-refractivity contribution < 1.29 is 18.3 Å². The molecule has 0 aromatic heterocycles. The van der Waals surface area contributed by atoms with E-state index in [0.717, 1.165) is 0 Å². The van der Waals surface area contributed by atoms with Gasteiger partial charge in [-0.1, -0.05) is 6.08 Å². The summed E-state index contributed by atoms with van der Waals surface area (Å²) >= 11 is 0. The van der Waals surface area contributed by atoms with E-state index in [2.05, 4.69) is 4.99 Å². The second-order valence-corrected chi connectivity index (χ2v) is 6.27. The second kappa shape index (κ2) is 7.03. The zero-order valence-corrected chi connectivity index (χ0v) is 13.6. The lowest BCUT2D eigenvalue weighted by molar-refractivity contribution is -0.137. The van der Waals surface area contributed by atoms with Crippen molar-refractivity contribution in [2.24, 2.45) is 10.7 Å². The number of allylic oxidation sites excluding steroid dienone is 2. The molecule has 0 aromatic rings. The van der Waals surface area contributed by atoms with E-state index in [0.29, 0.717) is 5.57 Å². The number of carbonyl (C=O) groups is 1. The summed E-state index contributed by atoms with van der Waals surface area (Å²) in [4.78, 5) is 16.3. The van der Waals surface area contributed by atoms with Gasteiger partial charge in [-0.3, -0.25) is 4.99 Å². The number of carbonyl (C=O) groups excluding carboxylic acids is 1. The lowest BCUT2D eigenvalue weighted by atomic mass is 9.92. The van der Waals surface area contributed by atoms with Crippen molar-refractivity contribution in [3.05, 3.63) is 22.9 Å². The van der Waals surface area contributed by atoms with Crippen molar-refractivity contribution in [3.8, 4) is 0 Å². The summed E-state index contributed by atoms with van der Waals surface area (Å²) < 4.78 is 31.4. The Kier molecular flexibility index (Phi) is 5.85. The summed E-state index contributed by atoms with van der Waals surface area (Å²) in [6, 6.07) is 0. The molecule has 1 aliphatic carbocycles. The van der Waals surface area contributed by atoms with Gasteiger partial charge in [0.2, 0.25) is 0 Å². The summed E-state index contributed by atoms with van der Waals surface area (Å²) in [6.45, 7) is 7.53. The van der Waals surface area contributed by atoms with Crippen LogP contribution in [0.3, 0.4) is 0 Å². The lowest BCUT2D eigenvalue weighted by Gasteiger charge is -2.22. The topological polar surface area (TPSA) is 64.7 Å². The van der Waals surface area contributed by atoms with Gasteiger partial charge in [0.25, 0.3) is 5.92 Å². The fraction of sp³-hybridized carbons (Fsp3) is 0.625. The van der Waals surface area contributed by atoms with Gasteiger partial charge in [0.05, 0.1) is 17.8 Å². The molecule has 0 spiro atoms. The average Bonchev–Trinajstić information content (AvgIpc) is 2.37. The molecule has 0 amide bonds. The molecule has 2 N–H and O–H groups in total. The number of ether oxygens (including phenoxy) is 1. The molecule has 1 rings (SSSR count). The highest BCUT2D eigenvalue weighted by Gasteiger charge is 2.32. The standard InChI is InChI=1S/C16H24F2N2O2/c1-5-22-14(21)12(10-20-15(2,3)4)13(19)11-6-8-16(17,18)9-7-11/h6,10H,5,7-9,19H2,1-4H3. The minimum atomic E-state index is -2.70. The van der Waals surface area contributed by atoms with Crippen LogP contribution in [-0.2, 0) is 9.53 Å². The van der Waals surface area contributed by atoms with Crippen molar-refractivity contribution in [3.63, 3.8) is 0 Å². The van der Waals surface area contributed by atoms with Gasteiger partial charge < -0.3 is 10.5 Å². The monoisotopic (exact) mass is 314 g/mol. The van der Waals surface area contributed by atoms with Gasteiger partial charge >= 0.3 is 5.97 Å². The molecule has 6 heteroatoms. The normalized spacial score (nSPS) is 19.6. The van der Waals surface area contributed by atoms with E-state index in [1.54, 1.807) is 6.92 Å². The Morgan fingerprint density at radius 3 is 2.59 bits per heavy atom. The molecule has 0 aromatic carbocycles. The van der Waals surface area contributed by atoms with E-state index in [4.69, 9.17) is 10.5 Å². The minimum Gasteiger partial charge on any atom is -0.462 e. The van der Waals surface area contributed by atoms with Crippen LogP contribution in [0.5, 0.6) is 0 Å². The Bertz CT molecular complexity index is 515. The number of esters is 1. The third-order valence-electron chi connectivity index (χ3n) is 3.12. The SMILES string of the molecule is CCOC(=O)C(C=NC(C)(C)C)=C(N)C1=CCC(F)(F)CC1. The Morgan fingerprint density at radius 2 is 2.14 bits per heavy atom. The van der Waals surface area contributed by atoms with Crippen LogP contribution in [0.1, 0.15) is 47.0 Å². The number of nitrogens with two attached hydrogens (primary N) is 1. The minimum absolute atomic E-state index is 0.119. The zero-order valence-electron chi connectivity index (χ0n) is 13.6. The van der Waals surface area contributed by atoms with Crippen molar-refractivity contribution in [2.75, 3.05) is 6.61 Å². The number of hydrogen-bond acceptors (Lipinski definition) is 4. The second-order valence-electron chi connectivity index (χ2n) is 6.27. The molecular formula is C16H24F2N2O2. The first kappa shape index (κ1) is 18.3. The highest BCUT2D eigenvalue weighted by atomic mass is 19.3. The molecule has 124 valence electrons. The average molecular weight is 314 g/mol. The van der Waals surface area contributed by atoms with Crippen molar-refractivity contribution >= 4 is 12.2 Å². The summed E-state index contributed by atoms with van der Waals surface area (Å²) in [7, 11) is 0. The van der Waals surface area contributed by atoms with Crippen LogP contribution >= 0.6 is 0 Å². The molecule has 0 bridgehead atoms. The van der Waals surface area contributed by atoms with Crippen molar-refractivity contribution in [2.45, 2.75) is 58.4 Å². The van der Waals surface area contributed by atoms with E-state index < -0.39 is 11.9 Å². The molecule has 0 unspecified atom stereocenters.